The Morgan fingerprint density at radius 2 is 1.79 bits per heavy atom. The van der Waals surface area contributed by atoms with Gasteiger partial charge in [0.15, 0.2) is 11.9 Å². The van der Waals surface area contributed by atoms with Crippen LogP contribution in [0.15, 0.2) is 41.5 Å². The molecule has 1 aromatic heterocycles. The highest BCUT2D eigenvalue weighted by atomic mass is 19.4. The van der Waals surface area contributed by atoms with E-state index >= 15 is 0 Å². The summed E-state index contributed by atoms with van der Waals surface area (Å²) in [5.74, 6) is -1.82. The van der Waals surface area contributed by atoms with Crippen LogP contribution in [0.4, 0.5) is 13.2 Å². The molecular formula is C30H40F3NO5. The van der Waals surface area contributed by atoms with E-state index in [0.717, 1.165) is 12.5 Å². The van der Waals surface area contributed by atoms with Gasteiger partial charge in [0.1, 0.15) is 11.3 Å². The smallest absolute Gasteiger partial charge is 0.433 e. The minimum atomic E-state index is -4.65. The number of hydrogen-bond acceptors (Lipinski definition) is 6. The summed E-state index contributed by atoms with van der Waals surface area (Å²) < 4.78 is 52.1. The molecule has 216 valence electrons. The van der Waals surface area contributed by atoms with Crippen LogP contribution in [0.25, 0.3) is 0 Å². The van der Waals surface area contributed by atoms with Crippen molar-refractivity contribution in [3.63, 3.8) is 0 Å². The van der Waals surface area contributed by atoms with Crippen LogP contribution >= 0.6 is 0 Å². The lowest BCUT2D eigenvalue weighted by Crippen LogP contribution is -2.63. The maximum Gasteiger partial charge on any atom is 0.433 e. The number of aliphatic hydroxyl groups is 3. The highest BCUT2D eigenvalue weighted by molar-refractivity contribution is 5.44. The maximum absolute atomic E-state index is 13.4. The van der Waals surface area contributed by atoms with Crippen LogP contribution < -0.4 is 4.74 Å². The lowest BCUT2D eigenvalue weighted by Gasteiger charge is -2.52. The minimum Gasteiger partial charge on any atom is -0.467 e. The van der Waals surface area contributed by atoms with Crippen molar-refractivity contribution in [2.45, 2.75) is 91.1 Å². The van der Waals surface area contributed by atoms with Crippen molar-refractivity contribution in [1.29, 1.82) is 0 Å². The summed E-state index contributed by atoms with van der Waals surface area (Å²) in [4.78, 5) is 3.69. The number of ether oxygens (including phenoxy) is 2. The number of aliphatic hydroxyl groups excluding tert-OH is 1. The van der Waals surface area contributed by atoms with Crippen LogP contribution in [0, 0.1) is 34.0 Å². The lowest BCUT2D eigenvalue weighted by molar-refractivity contribution is -0.191. The number of pyridine rings is 1. The first-order valence-electron chi connectivity index (χ1n) is 13.7. The minimum absolute atomic E-state index is 0.00301. The second-order valence-corrected chi connectivity index (χ2v) is 13.5. The molecule has 2 unspecified atom stereocenters. The van der Waals surface area contributed by atoms with Gasteiger partial charge in [0.25, 0.3) is 0 Å². The van der Waals surface area contributed by atoms with Crippen LogP contribution in [0.5, 0.6) is 5.88 Å². The van der Waals surface area contributed by atoms with Crippen LogP contribution in [0.1, 0.15) is 67.0 Å². The molecule has 1 heterocycles. The number of rotatable bonds is 5. The van der Waals surface area contributed by atoms with Crippen molar-refractivity contribution in [3.05, 3.63) is 47.2 Å². The Bertz CT molecular complexity index is 1220. The van der Waals surface area contributed by atoms with Crippen molar-refractivity contribution >= 4 is 0 Å². The highest BCUT2D eigenvalue weighted by Crippen LogP contribution is 2.75. The van der Waals surface area contributed by atoms with Gasteiger partial charge < -0.3 is 24.8 Å². The van der Waals surface area contributed by atoms with Gasteiger partial charge in [-0.25, -0.2) is 4.98 Å². The summed E-state index contributed by atoms with van der Waals surface area (Å²) in [5.41, 5.74) is -3.31. The van der Waals surface area contributed by atoms with E-state index in [9.17, 15) is 28.5 Å². The predicted octanol–water partition coefficient (Wildman–Crippen LogP) is 5.28. The number of nitrogens with zero attached hydrogens (tertiary/aromatic N) is 1. The third-order valence-electron chi connectivity index (χ3n) is 10.3. The third-order valence-corrected chi connectivity index (χ3v) is 10.3. The molecule has 9 heteroatoms. The average Bonchev–Trinajstić information content (AvgIpc) is 3.36. The van der Waals surface area contributed by atoms with Gasteiger partial charge >= 0.3 is 6.18 Å². The quantitative estimate of drug-likeness (QED) is 0.341. The standard InChI is InChI=1S/C30H40F3NO5/c1-16-13-28-12-11-19-22(25(19,3)4)27(7,24(28)35)14-18(15-38-26(5,6)36)17(2)29(28,37)23(16)39-21-10-8-9-20(34-21)30(31,32)33/h8-10,13-14,17,19,22-24,35-37H,11-12,15H2,1-7H3/t17-,19-,22?,23+,24?,27+,28-,29+/m1/s1. The normalized spacial score (nSPS) is 41.0. The summed E-state index contributed by atoms with van der Waals surface area (Å²) in [6.07, 6.45) is -1.48. The molecule has 8 atom stereocenters. The predicted molar refractivity (Wildman–Crippen MR) is 138 cm³/mol. The first kappa shape index (κ1) is 28.6. The van der Waals surface area contributed by atoms with E-state index in [1.807, 2.05) is 26.0 Å². The summed E-state index contributed by atoms with van der Waals surface area (Å²) >= 11 is 0. The largest absolute Gasteiger partial charge is 0.467 e. The van der Waals surface area contributed by atoms with Crippen LogP contribution in [-0.2, 0) is 10.9 Å². The first-order chi connectivity index (χ1) is 17.8. The Morgan fingerprint density at radius 1 is 1.13 bits per heavy atom. The Hall–Kier alpha value is -1.94. The van der Waals surface area contributed by atoms with E-state index in [0.29, 0.717) is 23.5 Å². The Morgan fingerprint density at radius 3 is 2.41 bits per heavy atom. The van der Waals surface area contributed by atoms with E-state index in [1.54, 1.807) is 6.92 Å². The fourth-order valence-corrected chi connectivity index (χ4v) is 8.51. The lowest BCUT2D eigenvalue weighted by atomic mass is 9.58. The van der Waals surface area contributed by atoms with E-state index < -0.39 is 52.2 Å². The number of halogens is 3. The molecule has 4 aliphatic carbocycles. The molecule has 0 amide bonds. The molecule has 4 aliphatic rings. The molecule has 0 aliphatic heterocycles. The second kappa shape index (κ2) is 8.54. The Kier molecular flexibility index (Phi) is 6.26. The van der Waals surface area contributed by atoms with Gasteiger partial charge in [-0.2, -0.15) is 13.2 Å². The second-order valence-electron chi connectivity index (χ2n) is 13.5. The SMILES string of the molecule is CC1=C[C@@]23CC[C@@H]4C(C4(C)C)[C@](C)(C=C(COC(C)(C)O)[C@@H](C)[C@]2(O)[C@H]1Oc1cccc(C(F)(F)F)n1)C3O. The number of aromatic nitrogens is 1. The molecule has 5 rings (SSSR count). The molecule has 2 fully saturated rings. The van der Waals surface area contributed by atoms with Gasteiger partial charge in [-0.1, -0.05) is 45.9 Å². The molecule has 6 nitrogen and oxygen atoms in total. The molecule has 2 bridgehead atoms. The van der Waals surface area contributed by atoms with Crippen LogP contribution in [0.2, 0.25) is 0 Å². The van der Waals surface area contributed by atoms with E-state index in [2.05, 4.69) is 18.8 Å². The Balaban J connectivity index is 1.64. The monoisotopic (exact) mass is 551 g/mol. The zero-order valence-corrected chi connectivity index (χ0v) is 23.6. The van der Waals surface area contributed by atoms with Crippen molar-refractivity contribution in [2.24, 2.45) is 34.0 Å². The van der Waals surface area contributed by atoms with Crippen LogP contribution in [0.3, 0.4) is 0 Å². The average molecular weight is 552 g/mol. The molecule has 0 aromatic carbocycles. The summed E-state index contributed by atoms with van der Waals surface area (Å²) in [6, 6.07) is 3.45. The van der Waals surface area contributed by atoms with E-state index in [4.69, 9.17) is 9.47 Å². The molecule has 39 heavy (non-hydrogen) atoms. The molecule has 1 spiro atoms. The molecule has 0 saturated heterocycles. The number of alkyl halides is 3. The number of hydrogen-bond donors (Lipinski definition) is 3. The van der Waals surface area contributed by atoms with E-state index in [-0.39, 0.29) is 23.8 Å². The molecular weight excluding hydrogens is 511 g/mol. The van der Waals surface area contributed by atoms with Crippen molar-refractivity contribution < 1.29 is 38.0 Å². The van der Waals surface area contributed by atoms with Crippen molar-refractivity contribution in [2.75, 3.05) is 6.61 Å². The number of fused-ring (bicyclic) bond motifs is 3. The summed E-state index contributed by atoms with van der Waals surface area (Å²) in [7, 11) is 0. The first-order valence-corrected chi connectivity index (χ1v) is 13.7. The fourth-order valence-electron chi connectivity index (χ4n) is 8.51. The fraction of sp³-hybridized carbons (Fsp3) is 0.700. The van der Waals surface area contributed by atoms with Crippen LogP contribution in [-0.4, -0.2) is 50.5 Å². The van der Waals surface area contributed by atoms with Crippen molar-refractivity contribution in [3.8, 4) is 5.88 Å². The summed E-state index contributed by atoms with van der Waals surface area (Å²) in [6.45, 7) is 13.1. The maximum atomic E-state index is 13.4. The van der Waals surface area contributed by atoms with E-state index in [1.165, 1.54) is 26.0 Å². The molecule has 2 saturated carbocycles. The molecule has 1 aromatic rings. The van der Waals surface area contributed by atoms with Gasteiger partial charge in [-0.15, -0.1) is 0 Å². The summed E-state index contributed by atoms with van der Waals surface area (Å²) in [5, 5.41) is 35.5. The zero-order chi connectivity index (χ0) is 29.0. The topological polar surface area (TPSA) is 92.0 Å². The van der Waals surface area contributed by atoms with Gasteiger partial charge in [-0.3, -0.25) is 0 Å². The zero-order valence-electron chi connectivity index (χ0n) is 23.6. The molecule has 3 N–H and O–H groups in total. The van der Waals surface area contributed by atoms with Gasteiger partial charge in [0.2, 0.25) is 5.88 Å². The van der Waals surface area contributed by atoms with Gasteiger partial charge in [0, 0.05) is 22.8 Å². The van der Waals surface area contributed by atoms with Crippen molar-refractivity contribution in [1.82, 2.24) is 4.98 Å². The Labute approximate surface area is 227 Å². The van der Waals surface area contributed by atoms with Gasteiger partial charge in [-0.05, 0) is 68.1 Å². The third kappa shape index (κ3) is 4.10. The highest BCUT2D eigenvalue weighted by Gasteiger charge is 2.76. The molecule has 0 radical (unpaired) electrons. The van der Waals surface area contributed by atoms with Gasteiger partial charge in [0.05, 0.1) is 12.7 Å².